The van der Waals surface area contributed by atoms with Crippen LogP contribution in [0.3, 0.4) is 0 Å². The highest BCUT2D eigenvalue weighted by Gasteiger charge is 2.31. The predicted molar refractivity (Wildman–Crippen MR) is 149 cm³/mol. The lowest BCUT2D eigenvalue weighted by Gasteiger charge is -2.42. The second-order valence-corrected chi connectivity index (χ2v) is 13.2. The van der Waals surface area contributed by atoms with Crippen molar-refractivity contribution in [3.8, 4) is 5.75 Å². The van der Waals surface area contributed by atoms with E-state index in [4.69, 9.17) is 4.74 Å². The van der Waals surface area contributed by atoms with E-state index in [0.717, 1.165) is 51.9 Å². The monoisotopic (exact) mass is 550 g/mol. The second kappa shape index (κ2) is 13.4. The zero-order valence-electron chi connectivity index (χ0n) is 24.0. The van der Waals surface area contributed by atoms with Crippen molar-refractivity contribution in [3.05, 3.63) is 23.3 Å². The van der Waals surface area contributed by atoms with E-state index < -0.39 is 10.0 Å². The molecule has 1 aromatic rings. The third-order valence-electron chi connectivity index (χ3n) is 7.99. The minimum Gasteiger partial charge on any atom is -0.497 e. The largest absolute Gasteiger partial charge is 0.497 e. The van der Waals surface area contributed by atoms with Crippen molar-refractivity contribution < 1.29 is 22.7 Å². The van der Waals surface area contributed by atoms with Crippen LogP contribution in [-0.2, 0) is 19.6 Å². The Kier molecular flexibility index (Phi) is 10.7. The van der Waals surface area contributed by atoms with Crippen LogP contribution in [0.15, 0.2) is 17.0 Å². The molecule has 0 spiro atoms. The maximum Gasteiger partial charge on any atom is 0.243 e. The number of ketones is 1. The average molecular weight is 551 g/mol. The van der Waals surface area contributed by atoms with Crippen LogP contribution in [-0.4, -0.2) is 113 Å². The summed E-state index contributed by atoms with van der Waals surface area (Å²) in [7, 11) is 3.25. The number of hydrogen-bond donors (Lipinski definition) is 0. The third-order valence-corrected chi connectivity index (χ3v) is 10.2. The molecule has 0 bridgehead atoms. The Bertz CT molecular complexity index is 1050. The minimum absolute atomic E-state index is 0.126. The van der Waals surface area contributed by atoms with E-state index in [1.54, 1.807) is 40.1 Å². The molecule has 2 heterocycles. The molecule has 1 amide bonds. The van der Waals surface area contributed by atoms with Crippen molar-refractivity contribution in [2.24, 2.45) is 5.92 Å². The molecular weight excluding hydrogens is 504 g/mol. The molecular formula is C28H46N4O5S. The fourth-order valence-electron chi connectivity index (χ4n) is 5.79. The quantitative estimate of drug-likeness (QED) is 0.418. The molecule has 2 aliphatic rings. The number of Topliss-reactive ketones (excluding diaryl/α,β-unsaturated/α-hetero) is 1. The molecule has 0 saturated carbocycles. The number of nitrogens with zero attached hydrogens (tertiary/aromatic N) is 4. The summed E-state index contributed by atoms with van der Waals surface area (Å²) < 4.78 is 33.0. The molecule has 38 heavy (non-hydrogen) atoms. The third kappa shape index (κ3) is 7.77. The smallest absolute Gasteiger partial charge is 0.243 e. The first-order chi connectivity index (χ1) is 17.9. The zero-order valence-corrected chi connectivity index (χ0v) is 24.8. The van der Waals surface area contributed by atoms with Crippen molar-refractivity contribution in [1.29, 1.82) is 0 Å². The van der Waals surface area contributed by atoms with E-state index in [1.807, 2.05) is 23.9 Å². The van der Waals surface area contributed by atoms with Crippen molar-refractivity contribution >= 4 is 21.7 Å². The topological polar surface area (TPSA) is 90.5 Å². The Morgan fingerprint density at radius 1 is 0.974 bits per heavy atom. The summed E-state index contributed by atoms with van der Waals surface area (Å²) in [4.78, 5) is 31.8. The number of likely N-dealkylation sites (tertiary alicyclic amines) is 2. The number of piperidine rings is 2. The molecule has 10 heteroatoms. The van der Waals surface area contributed by atoms with Gasteiger partial charge in [-0.15, -0.1) is 0 Å². The fourth-order valence-corrected chi connectivity index (χ4v) is 7.37. The molecule has 3 rings (SSSR count). The van der Waals surface area contributed by atoms with Crippen molar-refractivity contribution in [2.75, 3.05) is 67.5 Å². The Balaban J connectivity index is 1.42. The normalized spacial score (nSPS) is 18.4. The Labute approximate surface area is 229 Å². The minimum atomic E-state index is -3.70. The van der Waals surface area contributed by atoms with Crippen LogP contribution < -0.4 is 4.74 Å². The first kappa shape index (κ1) is 30.5. The molecule has 2 aliphatic heterocycles. The predicted octanol–water partition coefficient (Wildman–Crippen LogP) is 2.55. The number of ether oxygens (including phenoxy) is 1. The highest BCUT2D eigenvalue weighted by atomic mass is 32.2. The van der Waals surface area contributed by atoms with Gasteiger partial charge in [-0.25, -0.2) is 12.7 Å². The second-order valence-electron chi connectivity index (χ2n) is 11.2. The van der Waals surface area contributed by atoms with Gasteiger partial charge >= 0.3 is 0 Å². The number of carbonyl (C=O) groups is 2. The fraction of sp³-hybridized carbons (Fsp3) is 0.714. The van der Waals surface area contributed by atoms with Gasteiger partial charge < -0.3 is 19.4 Å². The van der Waals surface area contributed by atoms with E-state index in [1.165, 1.54) is 4.31 Å². The van der Waals surface area contributed by atoms with Gasteiger partial charge in [0.25, 0.3) is 0 Å². The van der Waals surface area contributed by atoms with E-state index in [0.29, 0.717) is 41.8 Å². The van der Waals surface area contributed by atoms with Crippen LogP contribution in [0, 0.1) is 19.8 Å². The Morgan fingerprint density at radius 3 is 2.08 bits per heavy atom. The number of rotatable bonds is 11. The molecule has 0 N–H and O–H groups in total. The van der Waals surface area contributed by atoms with Crippen LogP contribution in [0.25, 0.3) is 0 Å². The Hall–Kier alpha value is -2.01. The van der Waals surface area contributed by atoms with Crippen LogP contribution in [0.4, 0.5) is 0 Å². The molecule has 0 aromatic heterocycles. The van der Waals surface area contributed by atoms with Crippen molar-refractivity contribution in [2.45, 2.75) is 63.3 Å². The number of sulfonamides is 1. The van der Waals surface area contributed by atoms with Gasteiger partial charge in [0.2, 0.25) is 15.9 Å². The first-order valence-corrected chi connectivity index (χ1v) is 15.2. The van der Waals surface area contributed by atoms with Gasteiger partial charge in [0.1, 0.15) is 11.5 Å². The molecule has 1 aromatic carbocycles. The SMILES string of the molecule is COc1cc(C)c(S(=O)(=O)N(C)CCC(=O)CC2CCN(C3CCN(C(=O)CN(C)C)CC3)CC2)c(C)c1. The summed E-state index contributed by atoms with van der Waals surface area (Å²) in [5.74, 6) is 1.32. The van der Waals surface area contributed by atoms with E-state index in [-0.39, 0.29) is 29.6 Å². The molecule has 214 valence electrons. The molecule has 2 saturated heterocycles. The molecule has 0 aliphatic carbocycles. The summed E-state index contributed by atoms with van der Waals surface area (Å²) in [6, 6.07) is 3.96. The summed E-state index contributed by atoms with van der Waals surface area (Å²) in [5, 5.41) is 0. The number of hydrogen-bond acceptors (Lipinski definition) is 7. The van der Waals surface area contributed by atoms with Crippen molar-refractivity contribution in [1.82, 2.24) is 19.0 Å². The summed E-state index contributed by atoms with van der Waals surface area (Å²) in [6.45, 7) is 7.78. The summed E-state index contributed by atoms with van der Waals surface area (Å²) in [5.41, 5.74) is 1.27. The van der Waals surface area contributed by atoms with Crippen LogP contribution in [0.1, 0.15) is 49.7 Å². The number of aryl methyl sites for hydroxylation is 2. The average Bonchev–Trinajstić information content (AvgIpc) is 2.86. The first-order valence-electron chi connectivity index (χ1n) is 13.7. The molecule has 9 nitrogen and oxygen atoms in total. The van der Waals surface area contributed by atoms with E-state index in [9.17, 15) is 18.0 Å². The van der Waals surface area contributed by atoms with Gasteiger partial charge in [-0.3, -0.25) is 9.59 Å². The lowest BCUT2D eigenvalue weighted by Crippen LogP contribution is -2.50. The molecule has 0 unspecified atom stereocenters. The maximum absolute atomic E-state index is 13.2. The van der Waals surface area contributed by atoms with Gasteiger partial charge in [-0.05, 0) is 95.9 Å². The van der Waals surface area contributed by atoms with Gasteiger partial charge in [-0.1, -0.05) is 0 Å². The van der Waals surface area contributed by atoms with Gasteiger partial charge in [0, 0.05) is 45.6 Å². The highest BCUT2D eigenvalue weighted by molar-refractivity contribution is 7.89. The van der Waals surface area contributed by atoms with Crippen LogP contribution >= 0.6 is 0 Å². The maximum atomic E-state index is 13.2. The van der Waals surface area contributed by atoms with Gasteiger partial charge in [-0.2, -0.15) is 0 Å². The van der Waals surface area contributed by atoms with E-state index in [2.05, 4.69) is 4.90 Å². The standard InChI is InChI=1S/C28H46N4O5S/c1-21-17-26(37-6)18-22(2)28(21)38(35,36)30(5)12-11-25(33)19-23-7-13-31(14-8-23)24-9-15-32(16-10-24)27(34)20-29(3)4/h17-18,23-24H,7-16,19-20H2,1-6H3. The molecule has 0 radical (unpaired) electrons. The number of amides is 1. The number of likely N-dealkylation sites (N-methyl/N-ethyl adjacent to an activating group) is 1. The lowest BCUT2D eigenvalue weighted by atomic mass is 9.89. The number of benzene rings is 1. The van der Waals surface area contributed by atoms with Gasteiger partial charge in [0.15, 0.2) is 0 Å². The van der Waals surface area contributed by atoms with Crippen LogP contribution in [0.5, 0.6) is 5.75 Å². The summed E-state index contributed by atoms with van der Waals surface area (Å²) in [6.07, 6.45) is 4.74. The molecule has 0 atom stereocenters. The van der Waals surface area contributed by atoms with Gasteiger partial charge in [0.05, 0.1) is 18.6 Å². The zero-order chi connectivity index (χ0) is 28.0. The highest BCUT2D eigenvalue weighted by Crippen LogP contribution is 2.29. The van der Waals surface area contributed by atoms with E-state index >= 15 is 0 Å². The summed E-state index contributed by atoms with van der Waals surface area (Å²) >= 11 is 0. The Morgan fingerprint density at radius 2 is 1.55 bits per heavy atom. The van der Waals surface area contributed by atoms with Crippen molar-refractivity contribution in [3.63, 3.8) is 0 Å². The number of methoxy groups -OCH3 is 1. The molecule has 2 fully saturated rings. The number of carbonyl (C=O) groups excluding carboxylic acids is 2. The lowest BCUT2D eigenvalue weighted by molar-refractivity contribution is -0.133. The van der Waals surface area contributed by atoms with Crippen LogP contribution in [0.2, 0.25) is 0 Å².